The van der Waals surface area contributed by atoms with Gasteiger partial charge in [0.1, 0.15) is 5.69 Å². The standard InChI is InChI=1S/C13H24N6O/c14-4-1-2-5-18-6-3-7-19(9-8-18)12-11(15)13(20)17-10-16-12/h10H,1-9,14-15H2,(H,16,17,20). The van der Waals surface area contributed by atoms with Crippen molar-refractivity contribution in [1.82, 2.24) is 14.9 Å². The monoisotopic (exact) mass is 280 g/mol. The molecule has 0 atom stereocenters. The molecule has 0 unspecified atom stereocenters. The highest BCUT2D eigenvalue weighted by atomic mass is 16.1. The maximum absolute atomic E-state index is 11.5. The maximum Gasteiger partial charge on any atom is 0.276 e. The molecule has 1 saturated heterocycles. The molecular weight excluding hydrogens is 256 g/mol. The third-order valence-corrected chi connectivity index (χ3v) is 3.68. The van der Waals surface area contributed by atoms with E-state index >= 15 is 0 Å². The van der Waals surface area contributed by atoms with E-state index in [0.717, 1.165) is 58.5 Å². The topological polar surface area (TPSA) is 104 Å². The largest absolute Gasteiger partial charge is 0.391 e. The molecule has 7 heteroatoms. The highest BCUT2D eigenvalue weighted by Gasteiger charge is 2.18. The molecule has 2 heterocycles. The molecule has 1 fully saturated rings. The fourth-order valence-electron chi connectivity index (χ4n) is 2.54. The lowest BCUT2D eigenvalue weighted by Crippen LogP contribution is -2.33. The minimum Gasteiger partial charge on any atom is -0.391 e. The second kappa shape index (κ2) is 7.25. The zero-order valence-corrected chi connectivity index (χ0v) is 11.8. The van der Waals surface area contributed by atoms with Gasteiger partial charge >= 0.3 is 0 Å². The third-order valence-electron chi connectivity index (χ3n) is 3.68. The van der Waals surface area contributed by atoms with Gasteiger partial charge in [-0.1, -0.05) is 0 Å². The summed E-state index contributed by atoms with van der Waals surface area (Å²) in [5.74, 6) is 0.609. The van der Waals surface area contributed by atoms with Crippen LogP contribution >= 0.6 is 0 Å². The first kappa shape index (κ1) is 14.8. The molecule has 7 nitrogen and oxygen atoms in total. The number of aromatic amines is 1. The van der Waals surface area contributed by atoms with E-state index in [9.17, 15) is 4.79 Å². The number of hydrogen-bond donors (Lipinski definition) is 3. The maximum atomic E-state index is 11.5. The van der Waals surface area contributed by atoms with Gasteiger partial charge in [-0.3, -0.25) is 4.79 Å². The van der Waals surface area contributed by atoms with E-state index < -0.39 is 0 Å². The van der Waals surface area contributed by atoms with E-state index in [1.165, 1.54) is 6.33 Å². The van der Waals surface area contributed by atoms with Crippen LogP contribution in [0.1, 0.15) is 19.3 Å². The summed E-state index contributed by atoms with van der Waals surface area (Å²) in [6.45, 7) is 5.62. The molecule has 0 aromatic carbocycles. The zero-order chi connectivity index (χ0) is 14.4. The predicted molar refractivity (Wildman–Crippen MR) is 80.8 cm³/mol. The van der Waals surface area contributed by atoms with Crippen LogP contribution in [0.4, 0.5) is 11.5 Å². The number of hydrogen-bond acceptors (Lipinski definition) is 6. The fraction of sp³-hybridized carbons (Fsp3) is 0.692. The Hall–Kier alpha value is -1.60. The first-order chi connectivity index (χ1) is 9.72. The number of nitrogens with zero attached hydrogens (tertiary/aromatic N) is 3. The van der Waals surface area contributed by atoms with Gasteiger partial charge < -0.3 is 26.3 Å². The number of anilines is 2. The molecule has 1 aromatic heterocycles. The number of unbranched alkanes of at least 4 members (excludes halogenated alkanes) is 1. The summed E-state index contributed by atoms with van der Waals surface area (Å²) in [5.41, 5.74) is 11.3. The Bertz CT molecular complexity index is 474. The Morgan fingerprint density at radius 3 is 2.90 bits per heavy atom. The first-order valence-corrected chi connectivity index (χ1v) is 7.23. The number of nitrogens with one attached hydrogen (secondary N) is 1. The smallest absolute Gasteiger partial charge is 0.276 e. The highest BCUT2D eigenvalue weighted by Crippen LogP contribution is 2.17. The zero-order valence-electron chi connectivity index (χ0n) is 11.8. The van der Waals surface area contributed by atoms with Gasteiger partial charge in [-0.05, 0) is 38.9 Å². The van der Waals surface area contributed by atoms with Crippen molar-refractivity contribution in [2.24, 2.45) is 5.73 Å². The van der Waals surface area contributed by atoms with Crippen molar-refractivity contribution in [3.05, 3.63) is 16.7 Å². The van der Waals surface area contributed by atoms with Crippen molar-refractivity contribution >= 4 is 11.5 Å². The van der Waals surface area contributed by atoms with Gasteiger partial charge in [-0.15, -0.1) is 0 Å². The molecule has 0 bridgehead atoms. The number of rotatable bonds is 5. The van der Waals surface area contributed by atoms with E-state index in [2.05, 4.69) is 19.8 Å². The van der Waals surface area contributed by atoms with Gasteiger partial charge in [-0.2, -0.15) is 0 Å². The van der Waals surface area contributed by atoms with Gasteiger partial charge in [0.25, 0.3) is 5.56 Å². The molecule has 0 aliphatic carbocycles. The van der Waals surface area contributed by atoms with Crippen molar-refractivity contribution in [3.63, 3.8) is 0 Å². The van der Waals surface area contributed by atoms with Gasteiger partial charge in [0, 0.05) is 19.6 Å². The van der Waals surface area contributed by atoms with Gasteiger partial charge in [0.15, 0.2) is 5.82 Å². The third kappa shape index (κ3) is 3.71. The van der Waals surface area contributed by atoms with Crippen LogP contribution in [-0.4, -0.2) is 54.1 Å². The molecule has 1 aliphatic rings. The van der Waals surface area contributed by atoms with Crippen LogP contribution in [0.15, 0.2) is 11.1 Å². The van der Waals surface area contributed by atoms with Crippen LogP contribution in [0.2, 0.25) is 0 Å². The molecule has 5 N–H and O–H groups in total. The Labute approximate surface area is 119 Å². The van der Waals surface area contributed by atoms with Crippen molar-refractivity contribution in [2.75, 3.05) is 49.9 Å². The van der Waals surface area contributed by atoms with Crippen LogP contribution in [0.5, 0.6) is 0 Å². The summed E-state index contributed by atoms with van der Waals surface area (Å²) in [5, 5.41) is 0. The Morgan fingerprint density at radius 1 is 1.25 bits per heavy atom. The molecule has 112 valence electrons. The number of aromatic nitrogens is 2. The van der Waals surface area contributed by atoms with Crippen molar-refractivity contribution < 1.29 is 0 Å². The summed E-state index contributed by atoms with van der Waals surface area (Å²) >= 11 is 0. The normalized spacial score (nSPS) is 17.1. The van der Waals surface area contributed by atoms with E-state index in [1.54, 1.807) is 0 Å². The lowest BCUT2D eigenvalue weighted by molar-refractivity contribution is 0.288. The van der Waals surface area contributed by atoms with Gasteiger partial charge in [0.05, 0.1) is 6.33 Å². The number of nitrogen functional groups attached to an aromatic ring is 1. The average Bonchev–Trinajstić information content (AvgIpc) is 2.68. The molecule has 1 aromatic rings. The second-order valence-electron chi connectivity index (χ2n) is 5.15. The van der Waals surface area contributed by atoms with Gasteiger partial charge in [-0.25, -0.2) is 4.98 Å². The number of nitrogens with two attached hydrogens (primary N) is 2. The molecule has 2 rings (SSSR count). The van der Waals surface area contributed by atoms with E-state index in [4.69, 9.17) is 11.5 Å². The molecule has 0 saturated carbocycles. The summed E-state index contributed by atoms with van der Waals surface area (Å²) < 4.78 is 0. The van der Waals surface area contributed by atoms with E-state index in [1.807, 2.05) is 0 Å². The first-order valence-electron chi connectivity index (χ1n) is 7.23. The summed E-state index contributed by atoms with van der Waals surface area (Å²) in [6, 6.07) is 0. The van der Waals surface area contributed by atoms with Crippen molar-refractivity contribution in [2.45, 2.75) is 19.3 Å². The molecule has 1 aliphatic heterocycles. The molecule has 20 heavy (non-hydrogen) atoms. The minimum atomic E-state index is -0.265. The molecular formula is C13H24N6O. The van der Waals surface area contributed by atoms with Crippen LogP contribution in [0.25, 0.3) is 0 Å². The molecule has 0 radical (unpaired) electrons. The van der Waals surface area contributed by atoms with Crippen molar-refractivity contribution in [3.8, 4) is 0 Å². The number of H-pyrrole nitrogens is 1. The predicted octanol–water partition coefficient (Wildman–Crippen LogP) is -0.397. The highest BCUT2D eigenvalue weighted by molar-refractivity contribution is 5.60. The van der Waals surface area contributed by atoms with Crippen LogP contribution in [-0.2, 0) is 0 Å². The lowest BCUT2D eigenvalue weighted by Gasteiger charge is -2.23. The summed E-state index contributed by atoms with van der Waals surface area (Å²) in [7, 11) is 0. The summed E-state index contributed by atoms with van der Waals surface area (Å²) in [4.78, 5) is 22.8. The Balaban J connectivity index is 1.95. The van der Waals surface area contributed by atoms with Crippen LogP contribution in [0, 0.1) is 0 Å². The Kier molecular flexibility index (Phi) is 5.37. The molecule has 0 spiro atoms. The quantitative estimate of drug-likeness (QED) is 0.634. The van der Waals surface area contributed by atoms with E-state index in [0.29, 0.717) is 5.82 Å². The second-order valence-corrected chi connectivity index (χ2v) is 5.15. The van der Waals surface area contributed by atoms with Crippen LogP contribution in [0.3, 0.4) is 0 Å². The van der Waals surface area contributed by atoms with E-state index in [-0.39, 0.29) is 11.2 Å². The molecule has 0 amide bonds. The van der Waals surface area contributed by atoms with Crippen molar-refractivity contribution in [1.29, 1.82) is 0 Å². The van der Waals surface area contributed by atoms with Crippen LogP contribution < -0.4 is 21.9 Å². The SMILES string of the molecule is NCCCCN1CCCN(c2nc[nH]c(=O)c2N)CC1. The minimum absolute atomic E-state index is 0.212. The Morgan fingerprint density at radius 2 is 2.10 bits per heavy atom. The average molecular weight is 280 g/mol. The summed E-state index contributed by atoms with van der Waals surface area (Å²) in [6.07, 6.45) is 4.68. The lowest BCUT2D eigenvalue weighted by atomic mass is 10.3. The fourth-order valence-corrected chi connectivity index (χ4v) is 2.54. The van der Waals surface area contributed by atoms with Gasteiger partial charge in [0.2, 0.25) is 0 Å².